The molecule has 0 saturated carbocycles. The molecule has 0 bridgehead atoms. The summed E-state index contributed by atoms with van der Waals surface area (Å²) in [7, 11) is 0. The molecular weight excluding hydrogens is 316 g/mol. The maximum Gasteiger partial charge on any atom is 0.192 e. The quantitative estimate of drug-likeness (QED) is 0.412. The van der Waals surface area contributed by atoms with Crippen LogP contribution >= 0.6 is 23.4 Å². The van der Waals surface area contributed by atoms with Crippen molar-refractivity contribution in [3.05, 3.63) is 52.7 Å². The van der Waals surface area contributed by atoms with E-state index in [4.69, 9.17) is 11.6 Å². The van der Waals surface area contributed by atoms with Crippen LogP contribution in [0.25, 0.3) is 0 Å². The Hall–Kier alpha value is -1.77. The number of azo groups is 1. The number of likely N-dealkylation sites (tertiary alicyclic amines) is 1. The van der Waals surface area contributed by atoms with Gasteiger partial charge in [0.2, 0.25) is 0 Å². The number of hydrogen-bond donors (Lipinski definition) is 0. The predicted molar refractivity (Wildman–Crippen MR) is 92.1 cm³/mol. The summed E-state index contributed by atoms with van der Waals surface area (Å²) in [6.07, 6.45) is 4.11. The first-order chi connectivity index (χ1) is 10.7. The average Bonchev–Trinajstić information content (AvgIpc) is 3.06. The highest BCUT2D eigenvalue weighted by molar-refractivity contribution is 8.03. The Morgan fingerprint density at radius 1 is 1.36 bits per heavy atom. The summed E-state index contributed by atoms with van der Waals surface area (Å²) in [5.74, 6) is 0.744. The molecule has 114 valence electrons. The van der Waals surface area contributed by atoms with Gasteiger partial charge < -0.3 is 4.90 Å². The number of nitrogens with zero attached hydrogens (tertiary/aromatic N) is 4. The first kappa shape index (κ1) is 16.6. The van der Waals surface area contributed by atoms with E-state index in [1.807, 2.05) is 6.08 Å². The van der Waals surface area contributed by atoms with Crippen LogP contribution < -0.4 is 0 Å². The summed E-state index contributed by atoms with van der Waals surface area (Å²) >= 11 is 7.42. The van der Waals surface area contributed by atoms with Gasteiger partial charge in [0.25, 0.3) is 0 Å². The zero-order valence-electron chi connectivity index (χ0n) is 12.2. The highest BCUT2D eigenvalue weighted by Crippen LogP contribution is 2.29. The number of thioether (sulfide) groups is 1. The van der Waals surface area contributed by atoms with Crippen LogP contribution in [-0.2, 0) is 0 Å². The Morgan fingerprint density at radius 3 is 2.64 bits per heavy atom. The summed E-state index contributed by atoms with van der Waals surface area (Å²) < 4.78 is 0. The van der Waals surface area contributed by atoms with Crippen molar-refractivity contribution in [3.63, 3.8) is 0 Å². The van der Waals surface area contributed by atoms with Gasteiger partial charge in [-0.1, -0.05) is 17.7 Å². The molecule has 0 N–H and O–H groups in total. The second-order valence-electron chi connectivity index (χ2n) is 4.74. The van der Waals surface area contributed by atoms with Crippen molar-refractivity contribution in [2.75, 3.05) is 18.8 Å². The fourth-order valence-electron chi connectivity index (χ4n) is 2.10. The third-order valence-electron chi connectivity index (χ3n) is 3.13. The first-order valence-electron chi connectivity index (χ1n) is 7.05. The van der Waals surface area contributed by atoms with Crippen LogP contribution in [0.15, 0.2) is 57.9 Å². The zero-order valence-corrected chi connectivity index (χ0v) is 13.8. The lowest BCUT2D eigenvalue weighted by molar-refractivity contribution is 0.453. The minimum Gasteiger partial charge on any atom is -0.364 e. The van der Waals surface area contributed by atoms with Crippen LogP contribution in [0.3, 0.4) is 0 Å². The smallest absolute Gasteiger partial charge is 0.192 e. The van der Waals surface area contributed by atoms with Crippen molar-refractivity contribution < 1.29 is 0 Å². The average molecular weight is 333 g/mol. The molecule has 0 radical (unpaired) electrons. The van der Waals surface area contributed by atoms with E-state index < -0.39 is 0 Å². The van der Waals surface area contributed by atoms with E-state index in [-0.39, 0.29) is 0 Å². The minimum atomic E-state index is 0.351. The molecule has 6 heteroatoms. The Labute approximate surface area is 140 Å². The second kappa shape index (κ2) is 8.62. The van der Waals surface area contributed by atoms with Gasteiger partial charge in [0.15, 0.2) is 5.70 Å². The van der Waals surface area contributed by atoms with Crippen LogP contribution in [-0.4, -0.2) is 23.7 Å². The molecule has 0 aromatic heterocycles. The third kappa shape index (κ3) is 4.62. The van der Waals surface area contributed by atoms with Crippen molar-refractivity contribution in [1.29, 1.82) is 5.26 Å². The molecule has 22 heavy (non-hydrogen) atoms. The summed E-state index contributed by atoms with van der Waals surface area (Å²) in [6.45, 7) is 5.65. The monoisotopic (exact) mass is 332 g/mol. The Kier molecular flexibility index (Phi) is 6.50. The van der Waals surface area contributed by atoms with E-state index in [0.717, 1.165) is 36.7 Å². The first-order valence-corrected chi connectivity index (χ1v) is 8.41. The van der Waals surface area contributed by atoms with Gasteiger partial charge in [-0.25, -0.2) is 0 Å². The van der Waals surface area contributed by atoms with Crippen molar-refractivity contribution in [1.82, 2.24) is 4.90 Å². The van der Waals surface area contributed by atoms with Crippen molar-refractivity contribution >= 4 is 29.1 Å². The summed E-state index contributed by atoms with van der Waals surface area (Å²) in [4.78, 5) is 2.20. The van der Waals surface area contributed by atoms with Gasteiger partial charge in [0.1, 0.15) is 11.1 Å². The molecule has 0 aliphatic carbocycles. The maximum absolute atomic E-state index is 9.43. The third-order valence-corrected chi connectivity index (χ3v) is 4.51. The van der Waals surface area contributed by atoms with Crippen LogP contribution in [0.2, 0.25) is 5.02 Å². The van der Waals surface area contributed by atoms with Gasteiger partial charge in [0.05, 0.1) is 5.69 Å². The van der Waals surface area contributed by atoms with Crippen LogP contribution in [0.5, 0.6) is 0 Å². The Morgan fingerprint density at radius 2 is 2.05 bits per heavy atom. The van der Waals surface area contributed by atoms with Gasteiger partial charge in [-0.15, -0.1) is 28.6 Å². The topological polar surface area (TPSA) is 51.8 Å². The summed E-state index contributed by atoms with van der Waals surface area (Å²) in [6, 6.07) is 9.21. The number of halogens is 1. The molecule has 0 unspecified atom stereocenters. The summed E-state index contributed by atoms with van der Waals surface area (Å²) in [5, 5.41) is 19.2. The van der Waals surface area contributed by atoms with Gasteiger partial charge in [-0.05, 0) is 37.1 Å². The van der Waals surface area contributed by atoms with Crippen LogP contribution in [0.4, 0.5) is 5.69 Å². The molecule has 0 atom stereocenters. The van der Waals surface area contributed by atoms with Crippen LogP contribution in [0.1, 0.15) is 12.8 Å². The van der Waals surface area contributed by atoms with Crippen molar-refractivity contribution in [2.45, 2.75) is 12.8 Å². The van der Waals surface area contributed by atoms with E-state index in [1.165, 1.54) is 0 Å². The molecule has 1 aliphatic heterocycles. The second-order valence-corrected chi connectivity index (χ2v) is 6.18. The molecule has 1 aromatic carbocycles. The normalized spacial score (nSPS) is 15.7. The molecular formula is C16H17ClN4S. The lowest BCUT2D eigenvalue weighted by Crippen LogP contribution is -2.18. The molecule has 2 rings (SSSR count). The highest BCUT2D eigenvalue weighted by atomic mass is 35.5. The van der Waals surface area contributed by atoms with Crippen LogP contribution in [0, 0.1) is 11.3 Å². The Bertz CT molecular complexity index is 610. The number of hydrogen-bond acceptors (Lipinski definition) is 5. The number of allylic oxidation sites excluding steroid dienone is 1. The molecule has 1 saturated heterocycles. The zero-order chi connectivity index (χ0) is 15.8. The SMILES string of the molecule is C=CCS/C(=C(\C#N)N=Nc1ccc(Cl)cc1)N1CCCC1. The van der Waals surface area contributed by atoms with Gasteiger partial charge in [0, 0.05) is 23.9 Å². The maximum atomic E-state index is 9.43. The molecule has 4 nitrogen and oxygen atoms in total. The van der Waals surface area contributed by atoms with Gasteiger partial charge in [-0.3, -0.25) is 0 Å². The fourth-order valence-corrected chi connectivity index (χ4v) is 3.09. The van der Waals surface area contributed by atoms with Gasteiger partial charge in [-0.2, -0.15) is 5.26 Å². The minimum absolute atomic E-state index is 0.351. The molecule has 1 aromatic rings. The van der Waals surface area contributed by atoms with E-state index >= 15 is 0 Å². The molecule has 1 heterocycles. The lowest BCUT2D eigenvalue weighted by Gasteiger charge is -2.20. The molecule has 0 spiro atoms. The standard InChI is InChI=1S/C16H17ClN4S/c1-2-11-22-16(21-9-3-4-10-21)15(12-18)20-19-14-7-5-13(17)6-8-14/h2,5-8H,1,3-4,9-11H2/b16-15+,20-19?. The number of nitriles is 1. The van der Waals surface area contributed by atoms with E-state index in [9.17, 15) is 5.26 Å². The van der Waals surface area contributed by atoms with E-state index in [2.05, 4.69) is 27.8 Å². The molecule has 0 amide bonds. The number of benzene rings is 1. The lowest BCUT2D eigenvalue weighted by atomic mass is 10.3. The van der Waals surface area contributed by atoms with Crippen molar-refractivity contribution in [2.24, 2.45) is 10.2 Å². The Balaban J connectivity index is 2.24. The largest absolute Gasteiger partial charge is 0.364 e. The molecule has 1 aliphatic rings. The van der Waals surface area contributed by atoms with Gasteiger partial charge >= 0.3 is 0 Å². The number of rotatable bonds is 6. The summed E-state index contributed by atoms with van der Waals surface area (Å²) in [5.41, 5.74) is 1.02. The highest BCUT2D eigenvalue weighted by Gasteiger charge is 2.19. The fraction of sp³-hybridized carbons (Fsp3) is 0.312. The van der Waals surface area contributed by atoms with E-state index in [1.54, 1.807) is 36.0 Å². The van der Waals surface area contributed by atoms with E-state index in [0.29, 0.717) is 16.4 Å². The molecule has 1 fully saturated rings. The van der Waals surface area contributed by atoms with Crippen molar-refractivity contribution in [3.8, 4) is 6.07 Å². The predicted octanol–water partition coefficient (Wildman–Crippen LogP) is 5.13.